The van der Waals surface area contributed by atoms with Crippen LogP contribution in [0, 0.1) is 0 Å². The first kappa shape index (κ1) is 22.5. The fourth-order valence-electron chi connectivity index (χ4n) is 3.72. The summed E-state index contributed by atoms with van der Waals surface area (Å²) in [5.74, 6) is -0.207. The van der Waals surface area contributed by atoms with Crippen LogP contribution < -0.4 is 16.1 Å². The molecule has 0 saturated carbocycles. The molecule has 7 heteroatoms. The number of benzene rings is 2. The van der Waals surface area contributed by atoms with E-state index in [4.69, 9.17) is 4.74 Å². The van der Waals surface area contributed by atoms with Crippen molar-refractivity contribution in [3.05, 3.63) is 74.9 Å². The highest BCUT2D eigenvalue weighted by molar-refractivity contribution is 5.94. The number of rotatable bonds is 9. The van der Waals surface area contributed by atoms with Crippen LogP contribution in [0.25, 0.3) is 10.9 Å². The number of amides is 1. The van der Waals surface area contributed by atoms with Crippen LogP contribution in [0.1, 0.15) is 25.8 Å². The van der Waals surface area contributed by atoms with Crippen LogP contribution in [-0.2, 0) is 29.0 Å². The number of para-hydroxylation sites is 1. The number of likely N-dealkylation sites (N-methyl/N-ethyl adjacent to an activating group) is 1. The SMILES string of the molecule is CCc1ccc(N(CC)C(=O)Cn2c(=O)n(CCCOC)c(=O)c3ccccc32)cc1. The maximum Gasteiger partial charge on any atom is 0.331 e. The van der Waals surface area contributed by atoms with E-state index in [2.05, 4.69) is 6.92 Å². The van der Waals surface area contributed by atoms with Crippen molar-refractivity contribution in [1.82, 2.24) is 9.13 Å². The molecule has 3 aromatic rings. The van der Waals surface area contributed by atoms with Gasteiger partial charge in [0.25, 0.3) is 5.56 Å². The molecule has 1 aromatic heterocycles. The fourth-order valence-corrected chi connectivity index (χ4v) is 3.72. The Labute approximate surface area is 181 Å². The first-order valence-electron chi connectivity index (χ1n) is 10.6. The van der Waals surface area contributed by atoms with Crippen LogP contribution in [-0.4, -0.2) is 35.3 Å². The highest BCUT2D eigenvalue weighted by Crippen LogP contribution is 2.17. The molecule has 0 unspecified atom stereocenters. The molecule has 0 fully saturated rings. The van der Waals surface area contributed by atoms with Gasteiger partial charge in [-0.2, -0.15) is 0 Å². The van der Waals surface area contributed by atoms with Gasteiger partial charge in [-0.05, 0) is 49.6 Å². The summed E-state index contributed by atoms with van der Waals surface area (Å²) in [4.78, 5) is 40.9. The molecule has 0 bridgehead atoms. The molecule has 0 aliphatic heterocycles. The van der Waals surface area contributed by atoms with Gasteiger partial charge in [0, 0.05) is 32.5 Å². The van der Waals surface area contributed by atoms with Gasteiger partial charge in [0.2, 0.25) is 5.91 Å². The number of nitrogens with zero attached hydrogens (tertiary/aromatic N) is 3. The maximum absolute atomic E-state index is 13.2. The van der Waals surface area contributed by atoms with E-state index in [0.717, 1.165) is 12.1 Å². The van der Waals surface area contributed by atoms with E-state index in [-0.39, 0.29) is 24.6 Å². The third kappa shape index (κ3) is 4.77. The van der Waals surface area contributed by atoms with Gasteiger partial charge in [-0.3, -0.25) is 18.7 Å². The summed E-state index contributed by atoms with van der Waals surface area (Å²) in [6.07, 6.45) is 1.45. The predicted octanol–water partition coefficient (Wildman–Crippen LogP) is 2.82. The number of methoxy groups -OCH3 is 1. The van der Waals surface area contributed by atoms with Crippen LogP contribution in [0.3, 0.4) is 0 Å². The van der Waals surface area contributed by atoms with Gasteiger partial charge in [-0.25, -0.2) is 4.79 Å². The molecule has 0 saturated heterocycles. The number of anilines is 1. The number of aryl methyl sites for hydroxylation is 1. The quantitative estimate of drug-likeness (QED) is 0.496. The van der Waals surface area contributed by atoms with Crippen molar-refractivity contribution in [2.24, 2.45) is 0 Å². The predicted molar refractivity (Wildman–Crippen MR) is 123 cm³/mol. The molecule has 0 aliphatic rings. The van der Waals surface area contributed by atoms with Crippen molar-refractivity contribution in [2.75, 3.05) is 25.2 Å². The van der Waals surface area contributed by atoms with E-state index >= 15 is 0 Å². The molecule has 7 nitrogen and oxygen atoms in total. The third-order valence-corrected chi connectivity index (χ3v) is 5.43. The number of carbonyl (C=O) groups excluding carboxylic acids is 1. The van der Waals surface area contributed by atoms with E-state index in [1.54, 1.807) is 36.3 Å². The summed E-state index contributed by atoms with van der Waals surface area (Å²) < 4.78 is 7.65. The van der Waals surface area contributed by atoms with E-state index < -0.39 is 5.69 Å². The van der Waals surface area contributed by atoms with Crippen LogP contribution in [0.2, 0.25) is 0 Å². The van der Waals surface area contributed by atoms with Gasteiger partial charge >= 0.3 is 5.69 Å². The molecule has 164 valence electrons. The topological polar surface area (TPSA) is 73.5 Å². The number of hydrogen-bond donors (Lipinski definition) is 0. The molecule has 0 N–H and O–H groups in total. The lowest BCUT2D eigenvalue weighted by molar-refractivity contribution is -0.119. The smallest absolute Gasteiger partial charge is 0.331 e. The van der Waals surface area contributed by atoms with Gasteiger partial charge in [-0.1, -0.05) is 31.2 Å². The molecule has 31 heavy (non-hydrogen) atoms. The average molecular weight is 424 g/mol. The summed E-state index contributed by atoms with van der Waals surface area (Å²) in [6, 6.07) is 14.8. The first-order chi connectivity index (χ1) is 15.0. The Hall–Kier alpha value is -3.19. The average Bonchev–Trinajstić information content (AvgIpc) is 2.80. The van der Waals surface area contributed by atoms with Crippen molar-refractivity contribution in [2.45, 2.75) is 39.8 Å². The second-order valence-electron chi connectivity index (χ2n) is 7.35. The molecule has 3 rings (SSSR count). The fraction of sp³-hybridized carbons (Fsp3) is 0.375. The molecular weight excluding hydrogens is 394 g/mol. The van der Waals surface area contributed by atoms with Gasteiger partial charge in [0.05, 0.1) is 10.9 Å². The zero-order chi connectivity index (χ0) is 22.4. The number of ether oxygens (including phenoxy) is 1. The van der Waals surface area contributed by atoms with Crippen molar-refractivity contribution in [3.63, 3.8) is 0 Å². The van der Waals surface area contributed by atoms with Crippen LogP contribution in [0.4, 0.5) is 5.69 Å². The normalized spacial score (nSPS) is 11.1. The highest BCUT2D eigenvalue weighted by atomic mass is 16.5. The van der Waals surface area contributed by atoms with Crippen molar-refractivity contribution >= 4 is 22.5 Å². The first-order valence-corrected chi connectivity index (χ1v) is 10.6. The Kier molecular flexibility index (Phi) is 7.41. The van der Waals surface area contributed by atoms with Crippen molar-refractivity contribution in [3.8, 4) is 0 Å². The molecule has 2 aromatic carbocycles. The summed E-state index contributed by atoms with van der Waals surface area (Å²) >= 11 is 0. The Bertz CT molecular complexity index is 1160. The van der Waals surface area contributed by atoms with Crippen molar-refractivity contribution in [1.29, 1.82) is 0 Å². The zero-order valence-electron chi connectivity index (χ0n) is 18.3. The highest BCUT2D eigenvalue weighted by Gasteiger charge is 2.19. The summed E-state index contributed by atoms with van der Waals surface area (Å²) in [5, 5.41) is 0.419. The number of aromatic nitrogens is 2. The van der Waals surface area contributed by atoms with E-state index in [0.29, 0.717) is 30.5 Å². The van der Waals surface area contributed by atoms with Crippen LogP contribution in [0.5, 0.6) is 0 Å². The number of carbonyl (C=O) groups is 1. The molecule has 0 aliphatic carbocycles. The molecule has 1 heterocycles. The standard InChI is InChI=1S/C24H29N3O4/c1-4-18-11-13-19(14-12-18)25(5-2)22(28)17-27-21-10-7-6-9-20(21)23(29)26(24(27)30)15-8-16-31-3/h6-7,9-14H,4-5,8,15-17H2,1-3H3. The zero-order valence-corrected chi connectivity index (χ0v) is 18.3. The summed E-state index contributed by atoms with van der Waals surface area (Å²) in [5.41, 5.74) is 1.62. The minimum Gasteiger partial charge on any atom is -0.385 e. The largest absolute Gasteiger partial charge is 0.385 e. The minimum atomic E-state index is -0.481. The Morgan fingerprint density at radius 1 is 1.00 bits per heavy atom. The van der Waals surface area contributed by atoms with E-state index in [1.807, 2.05) is 31.2 Å². The second kappa shape index (κ2) is 10.2. The third-order valence-electron chi connectivity index (χ3n) is 5.43. The molecular formula is C24H29N3O4. The maximum atomic E-state index is 13.2. The summed E-state index contributed by atoms with van der Waals surface area (Å²) in [7, 11) is 1.58. The second-order valence-corrected chi connectivity index (χ2v) is 7.35. The van der Waals surface area contributed by atoms with Crippen molar-refractivity contribution < 1.29 is 9.53 Å². The summed E-state index contributed by atoms with van der Waals surface area (Å²) in [6.45, 7) is 4.99. The lowest BCUT2D eigenvalue weighted by Crippen LogP contribution is -2.43. The number of fused-ring (bicyclic) bond motifs is 1. The van der Waals surface area contributed by atoms with E-state index in [1.165, 1.54) is 14.7 Å². The van der Waals surface area contributed by atoms with Gasteiger partial charge < -0.3 is 9.64 Å². The van der Waals surface area contributed by atoms with Crippen LogP contribution in [0.15, 0.2) is 58.1 Å². The van der Waals surface area contributed by atoms with Gasteiger partial charge in [0.1, 0.15) is 6.54 Å². The monoisotopic (exact) mass is 423 g/mol. The molecule has 0 radical (unpaired) electrons. The Morgan fingerprint density at radius 3 is 2.35 bits per heavy atom. The molecule has 0 atom stereocenters. The minimum absolute atomic E-state index is 0.146. The molecule has 1 amide bonds. The van der Waals surface area contributed by atoms with Crippen LogP contribution >= 0.6 is 0 Å². The lowest BCUT2D eigenvalue weighted by Gasteiger charge is -2.23. The Balaban J connectivity index is 2.01. The van der Waals surface area contributed by atoms with E-state index in [9.17, 15) is 14.4 Å². The van der Waals surface area contributed by atoms with Gasteiger partial charge in [-0.15, -0.1) is 0 Å². The number of hydrogen-bond acceptors (Lipinski definition) is 4. The van der Waals surface area contributed by atoms with Gasteiger partial charge in [0.15, 0.2) is 0 Å². The Morgan fingerprint density at radius 2 is 1.71 bits per heavy atom. The lowest BCUT2D eigenvalue weighted by atomic mass is 10.1. The molecule has 0 spiro atoms.